The van der Waals surface area contributed by atoms with Gasteiger partial charge in [0.25, 0.3) is 17.7 Å². The molecule has 0 bridgehead atoms. The molecule has 0 aliphatic carbocycles. The lowest BCUT2D eigenvalue weighted by Gasteiger charge is -2.10. The lowest BCUT2D eigenvalue weighted by molar-refractivity contribution is -0.117. The zero-order valence-electron chi connectivity index (χ0n) is 21.7. The molecule has 0 spiro atoms. The van der Waals surface area contributed by atoms with Crippen molar-refractivity contribution in [3.8, 4) is 0 Å². The number of carbonyl (C=O) groups excluding carboxylic acids is 4. The Kier molecular flexibility index (Phi) is 7.79. The number of carboxylic acids is 1. The molecule has 4 aromatic heterocycles. The zero-order chi connectivity index (χ0) is 29.0. The minimum atomic E-state index is -1.15. The molecule has 4 heterocycles. The summed E-state index contributed by atoms with van der Waals surface area (Å²) in [6.45, 7) is -0.0109. The molecule has 16 nitrogen and oxygen atoms in total. The quantitative estimate of drug-likeness (QED) is 0.187. The van der Waals surface area contributed by atoms with E-state index in [1.165, 1.54) is 53.1 Å². The van der Waals surface area contributed by atoms with Gasteiger partial charge in [-0.3, -0.25) is 24.6 Å². The molecule has 0 radical (unpaired) electrons. The molecule has 4 aromatic rings. The van der Waals surface area contributed by atoms with E-state index in [-0.39, 0.29) is 41.7 Å². The van der Waals surface area contributed by atoms with Crippen molar-refractivity contribution >= 4 is 41.0 Å². The van der Waals surface area contributed by atoms with Crippen molar-refractivity contribution in [2.45, 2.75) is 6.42 Å². The van der Waals surface area contributed by atoms with Gasteiger partial charge >= 0.3 is 5.97 Å². The third kappa shape index (κ3) is 6.07. The molecule has 5 N–H and O–H groups in total. The second kappa shape index (κ2) is 11.4. The van der Waals surface area contributed by atoms with Crippen LogP contribution in [-0.4, -0.2) is 69.6 Å². The first-order valence-electron chi connectivity index (χ1n) is 11.8. The number of amides is 4. The standard InChI is InChI=1S/C24H26N10O6/c1-31-8-6-25-19(31)22(37)28-14-10-16(32(2)12-14)21(36)27-5-4-18(35)30-34-9-7-26-20(34)23(38)29-15-11-17(24(39)40)33(3)13-15/h6-13H,4-5H2,1-3H3,(H,27,36)(H,28,37)(H,29,38)(H,30,35)(H,39,40). The van der Waals surface area contributed by atoms with Gasteiger partial charge in [-0.2, -0.15) is 0 Å². The highest BCUT2D eigenvalue weighted by Crippen LogP contribution is 2.15. The molecule has 0 fully saturated rings. The largest absolute Gasteiger partial charge is 0.477 e. The van der Waals surface area contributed by atoms with E-state index >= 15 is 0 Å². The van der Waals surface area contributed by atoms with Crippen molar-refractivity contribution in [3.63, 3.8) is 0 Å². The fourth-order valence-electron chi connectivity index (χ4n) is 3.79. The van der Waals surface area contributed by atoms with E-state index in [4.69, 9.17) is 5.11 Å². The first-order chi connectivity index (χ1) is 19.0. The number of rotatable bonds is 10. The van der Waals surface area contributed by atoms with Gasteiger partial charge in [-0.25, -0.2) is 19.4 Å². The van der Waals surface area contributed by atoms with Crippen LogP contribution in [0.4, 0.5) is 11.4 Å². The van der Waals surface area contributed by atoms with Crippen molar-refractivity contribution < 1.29 is 29.1 Å². The lowest BCUT2D eigenvalue weighted by Crippen LogP contribution is -2.32. The van der Waals surface area contributed by atoms with Gasteiger partial charge in [-0.15, -0.1) is 0 Å². The number of carboxylic acid groups (broad SMARTS) is 1. The van der Waals surface area contributed by atoms with E-state index in [9.17, 15) is 24.0 Å². The van der Waals surface area contributed by atoms with Gasteiger partial charge in [-0.1, -0.05) is 0 Å². The summed E-state index contributed by atoms with van der Waals surface area (Å²) in [6.07, 6.45) is 8.71. The summed E-state index contributed by atoms with van der Waals surface area (Å²) in [7, 11) is 4.85. The highest BCUT2D eigenvalue weighted by Gasteiger charge is 2.19. The molecule has 0 aliphatic rings. The van der Waals surface area contributed by atoms with Gasteiger partial charge in [0.2, 0.25) is 11.7 Å². The third-order valence-electron chi connectivity index (χ3n) is 5.73. The zero-order valence-corrected chi connectivity index (χ0v) is 21.7. The smallest absolute Gasteiger partial charge is 0.352 e. The number of anilines is 2. The number of hydrogen-bond donors (Lipinski definition) is 5. The summed E-state index contributed by atoms with van der Waals surface area (Å²) in [4.78, 5) is 69.2. The Balaban J connectivity index is 1.28. The second-order valence-corrected chi connectivity index (χ2v) is 8.69. The van der Waals surface area contributed by atoms with E-state index in [0.717, 1.165) is 4.68 Å². The van der Waals surface area contributed by atoms with Crippen LogP contribution in [0.2, 0.25) is 0 Å². The fraction of sp³-hybridized carbons (Fsp3) is 0.208. The van der Waals surface area contributed by atoms with E-state index in [2.05, 4.69) is 31.3 Å². The monoisotopic (exact) mass is 550 g/mol. The molecule has 0 aromatic carbocycles. The molecule has 0 aliphatic heterocycles. The molecule has 40 heavy (non-hydrogen) atoms. The molecule has 0 unspecified atom stereocenters. The Morgan fingerprint density at radius 2 is 1.35 bits per heavy atom. The predicted octanol–water partition coefficient (Wildman–Crippen LogP) is 0.387. The minimum Gasteiger partial charge on any atom is -0.477 e. The number of imidazole rings is 2. The van der Waals surface area contributed by atoms with Crippen LogP contribution in [0.1, 0.15) is 48.6 Å². The molecule has 0 atom stereocenters. The van der Waals surface area contributed by atoms with E-state index in [1.54, 1.807) is 31.1 Å². The van der Waals surface area contributed by atoms with E-state index in [1.807, 2.05) is 0 Å². The molecular formula is C24H26N10O6. The molecule has 4 amide bonds. The van der Waals surface area contributed by atoms with Crippen LogP contribution in [0.15, 0.2) is 49.3 Å². The van der Waals surface area contributed by atoms with Crippen LogP contribution in [0, 0.1) is 0 Å². The van der Waals surface area contributed by atoms with Crippen LogP contribution in [-0.2, 0) is 25.9 Å². The van der Waals surface area contributed by atoms with Gasteiger partial charge in [0, 0.05) is 71.3 Å². The van der Waals surface area contributed by atoms with Crippen molar-refractivity contribution in [1.29, 1.82) is 0 Å². The maximum Gasteiger partial charge on any atom is 0.352 e. The normalized spacial score (nSPS) is 10.7. The summed E-state index contributed by atoms with van der Waals surface area (Å²) in [6, 6.07) is 2.79. The summed E-state index contributed by atoms with van der Waals surface area (Å²) < 4.78 is 5.56. The van der Waals surface area contributed by atoms with Crippen LogP contribution < -0.4 is 21.4 Å². The van der Waals surface area contributed by atoms with Crippen molar-refractivity contribution in [3.05, 3.63) is 72.4 Å². The number of hydrogen-bond acceptors (Lipinski definition) is 7. The average molecular weight is 551 g/mol. The van der Waals surface area contributed by atoms with E-state index in [0.29, 0.717) is 5.69 Å². The third-order valence-corrected chi connectivity index (χ3v) is 5.73. The highest BCUT2D eigenvalue weighted by atomic mass is 16.4. The van der Waals surface area contributed by atoms with Crippen LogP contribution >= 0.6 is 0 Å². The van der Waals surface area contributed by atoms with Gasteiger partial charge in [0.15, 0.2) is 5.82 Å². The molecule has 0 saturated heterocycles. The number of aromatic carboxylic acids is 1. The van der Waals surface area contributed by atoms with Crippen LogP contribution in [0.3, 0.4) is 0 Å². The summed E-state index contributed by atoms with van der Waals surface area (Å²) in [5.74, 6) is -3.13. The Morgan fingerprint density at radius 1 is 0.775 bits per heavy atom. The minimum absolute atomic E-state index is 0.0109. The predicted molar refractivity (Wildman–Crippen MR) is 140 cm³/mol. The molecule has 16 heteroatoms. The Hall–Kier alpha value is -5.67. The molecule has 0 saturated carbocycles. The summed E-state index contributed by atoms with van der Waals surface area (Å²) >= 11 is 0. The number of nitrogens with zero attached hydrogens (tertiary/aromatic N) is 6. The first kappa shape index (κ1) is 27.4. The van der Waals surface area contributed by atoms with Gasteiger partial charge < -0.3 is 34.8 Å². The maximum absolute atomic E-state index is 12.6. The van der Waals surface area contributed by atoms with E-state index < -0.39 is 29.6 Å². The van der Waals surface area contributed by atoms with Crippen molar-refractivity contribution in [2.75, 3.05) is 22.6 Å². The van der Waals surface area contributed by atoms with Gasteiger partial charge in [-0.05, 0) is 12.1 Å². The Morgan fingerprint density at radius 3 is 1.95 bits per heavy atom. The van der Waals surface area contributed by atoms with Gasteiger partial charge in [0.1, 0.15) is 11.4 Å². The molecule has 208 valence electrons. The van der Waals surface area contributed by atoms with Gasteiger partial charge in [0.05, 0.1) is 11.4 Å². The van der Waals surface area contributed by atoms with Crippen LogP contribution in [0.5, 0.6) is 0 Å². The molecule has 4 rings (SSSR count). The highest BCUT2D eigenvalue weighted by molar-refractivity contribution is 6.04. The number of aryl methyl sites for hydroxylation is 3. The van der Waals surface area contributed by atoms with Crippen molar-refractivity contribution in [1.82, 2.24) is 33.7 Å². The number of aromatic nitrogens is 6. The second-order valence-electron chi connectivity index (χ2n) is 8.69. The SMILES string of the molecule is Cn1cc(NC(=O)c2nccn2NC(=O)CCNC(=O)c2cc(NC(=O)c3nccn3C)cn2C)cc1C(=O)O. The summed E-state index contributed by atoms with van der Waals surface area (Å²) in [5.41, 5.74) is 3.39. The maximum atomic E-state index is 12.6. The fourth-order valence-corrected chi connectivity index (χ4v) is 3.79. The van der Waals surface area contributed by atoms with Crippen LogP contribution in [0.25, 0.3) is 0 Å². The Bertz CT molecular complexity index is 1610. The first-order valence-corrected chi connectivity index (χ1v) is 11.8. The average Bonchev–Trinajstić information content (AvgIpc) is 3.67. The topological polar surface area (TPSA) is 199 Å². The lowest BCUT2D eigenvalue weighted by atomic mass is 10.3. The summed E-state index contributed by atoms with van der Waals surface area (Å²) in [5, 5.41) is 17.0. The molecular weight excluding hydrogens is 524 g/mol. The Labute approximate surface area is 226 Å². The number of nitrogens with one attached hydrogen (secondary N) is 4. The van der Waals surface area contributed by atoms with Crippen molar-refractivity contribution in [2.24, 2.45) is 21.1 Å². The number of carbonyl (C=O) groups is 5.